The molecule has 1 aromatic rings. The zero-order valence-electron chi connectivity index (χ0n) is 9.00. The first-order valence-electron chi connectivity index (χ1n) is 5.11. The standard InChI is InChI=1S/C11H14ClNO3/c1-15-10-5-8(12)7(4-9(10)14)11-6-13-2-3-16-11/h4-5,11,13-14H,2-3,6H2,1H3. The van der Waals surface area contributed by atoms with Gasteiger partial charge in [-0.05, 0) is 6.07 Å². The maximum atomic E-state index is 9.69. The minimum absolute atomic E-state index is 0.0797. The molecule has 16 heavy (non-hydrogen) atoms. The van der Waals surface area contributed by atoms with Crippen LogP contribution >= 0.6 is 11.6 Å². The van der Waals surface area contributed by atoms with Crippen LogP contribution in [-0.4, -0.2) is 31.9 Å². The average Bonchev–Trinajstić information content (AvgIpc) is 2.32. The number of benzene rings is 1. The number of phenolic OH excluding ortho intramolecular Hbond substituents is 1. The van der Waals surface area contributed by atoms with Gasteiger partial charge in [-0.3, -0.25) is 0 Å². The Morgan fingerprint density at radius 1 is 1.56 bits per heavy atom. The van der Waals surface area contributed by atoms with Crippen LogP contribution in [0.1, 0.15) is 11.7 Å². The van der Waals surface area contributed by atoms with Gasteiger partial charge in [0.25, 0.3) is 0 Å². The Morgan fingerprint density at radius 3 is 3.00 bits per heavy atom. The maximum Gasteiger partial charge on any atom is 0.161 e. The van der Waals surface area contributed by atoms with Gasteiger partial charge in [0.2, 0.25) is 0 Å². The molecule has 2 N–H and O–H groups in total. The monoisotopic (exact) mass is 243 g/mol. The highest BCUT2D eigenvalue weighted by molar-refractivity contribution is 6.31. The summed E-state index contributed by atoms with van der Waals surface area (Å²) in [6, 6.07) is 3.20. The van der Waals surface area contributed by atoms with E-state index >= 15 is 0 Å². The van der Waals surface area contributed by atoms with Gasteiger partial charge in [0.15, 0.2) is 11.5 Å². The zero-order valence-corrected chi connectivity index (χ0v) is 9.75. The van der Waals surface area contributed by atoms with Gasteiger partial charge in [-0.15, -0.1) is 0 Å². The highest BCUT2D eigenvalue weighted by Crippen LogP contribution is 2.36. The third kappa shape index (κ3) is 2.24. The summed E-state index contributed by atoms with van der Waals surface area (Å²) in [5, 5.41) is 13.4. The minimum Gasteiger partial charge on any atom is -0.504 e. The summed E-state index contributed by atoms with van der Waals surface area (Å²) < 4.78 is 10.6. The number of halogens is 1. The van der Waals surface area contributed by atoms with Crippen LogP contribution in [0.3, 0.4) is 0 Å². The summed E-state index contributed by atoms with van der Waals surface area (Å²) in [5.74, 6) is 0.452. The van der Waals surface area contributed by atoms with E-state index in [-0.39, 0.29) is 11.9 Å². The van der Waals surface area contributed by atoms with E-state index in [1.807, 2.05) is 0 Å². The van der Waals surface area contributed by atoms with Crippen molar-refractivity contribution in [3.05, 3.63) is 22.7 Å². The number of hydrogen-bond acceptors (Lipinski definition) is 4. The molecule has 2 rings (SSSR count). The molecular formula is C11H14ClNO3. The molecule has 1 aromatic carbocycles. The predicted octanol–water partition coefficient (Wildman–Crippen LogP) is 1.72. The van der Waals surface area contributed by atoms with E-state index < -0.39 is 0 Å². The first-order chi connectivity index (χ1) is 7.72. The van der Waals surface area contributed by atoms with Crippen molar-refractivity contribution in [2.24, 2.45) is 0 Å². The molecule has 0 radical (unpaired) electrons. The van der Waals surface area contributed by atoms with Crippen molar-refractivity contribution in [2.75, 3.05) is 26.8 Å². The summed E-state index contributed by atoms with van der Waals surface area (Å²) in [6.45, 7) is 2.19. The molecule has 0 spiro atoms. The van der Waals surface area contributed by atoms with E-state index in [0.29, 0.717) is 23.9 Å². The lowest BCUT2D eigenvalue weighted by Crippen LogP contribution is -2.33. The third-order valence-corrected chi connectivity index (χ3v) is 2.90. The number of methoxy groups -OCH3 is 1. The Balaban J connectivity index is 2.29. The molecule has 0 aromatic heterocycles. The second kappa shape index (κ2) is 4.91. The third-order valence-electron chi connectivity index (χ3n) is 2.57. The number of phenols is 1. The molecule has 1 aliphatic heterocycles. The molecule has 0 bridgehead atoms. The molecule has 0 amide bonds. The number of nitrogens with one attached hydrogen (secondary N) is 1. The molecule has 1 unspecified atom stereocenters. The largest absolute Gasteiger partial charge is 0.504 e. The molecule has 5 heteroatoms. The van der Waals surface area contributed by atoms with Gasteiger partial charge >= 0.3 is 0 Å². The average molecular weight is 244 g/mol. The van der Waals surface area contributed by atoms with Crippen molar-refractivity contribution in [1.82, 2.24) is 5.32 Å². The van der Waals surface area contributed by atoms with Crippen LogP contribution in [0.5, 0.6) is 11.5 Å². The van der Waals surface area contributed by atoms with E-state index in [9.17, 15) is 5.11 Å². The minimum atomic E-state index is -0.113. The van der Waals surface area contributed by atoms with Crippen LogP contribution in [-0.2, 0) is 4.74 Å². The second-order valence-electron chi connectivity index (χ2n) is 3.61. The maximum absolute atomic E-state index is 9.69. The van der Waals surface area contributed by atoms with Crippen molar-refractivity contribution in [1.29, 1.82) is 0 Å². The molecule has 1 aliphatic rings. The number of hydrogen-bond donors (Lipinski definition) is 2. The topological polar surface area (TPSA) is 50.7 Å². The van der Waals surface area contributed by atoms with Crippen LogP contribution in [0.25, 0.3) is 0 Å². The molecule has 88 valence electrons. The lowest BCUT2D eigenvalue weighted by atomic mass is 10.1. The van der Waals surface area contributed by atoms with Crippen molar-refractivity contribution < 1.29 is 14.6 Å². The Morgan fingerprint density at radius 2 is 2.38 bits per heavy atom. The number of rotatable bonds is 2. The van der Waals surface area contributed by atoms with Gasteiger partial charge in [-0.1, -0.05) is 11.6 Å². The van der Waals surface area contributed by atoms with E-state index in [2.05, 4.69) is 5.32 Å². The first kappa shape index (κ1) is 11.5. The Bertz CT molecular complexity index is 378. The van der Waals surface area contributed by atoms with E-state index in [0.717, 1.165) is 12.1 Å². The van der Waals surface area contributed by atoms with Crippen molar-refractivity contribution >= 4 is 11.6 Å². The van der Waals surface area contributed by atoms with Gasteiger partial charge in [-0.2, -0.15) is 0 Å². The molecular weight excluding hydrogens is 230 g/mol. The van der Waals surface area contributed by atoms with Gasteiger partial charge in [0, 0.05) is 24.7 Å². The summed E-state index contributed by atoms with van der Waals surface area (Å²) in [5.41, 5.74) is 0.784. The summed E-state index contributed by atoms with van der Waals surface area (Å²) in [7, 11) is 1.49. The predicted molar refractivity (Wildman–Crippen MR) is 61.2 cm³/mol. The van der Waals surface area contributed by atoms with E-state index in [1.54, 1.807) is 12.1 Å². The van der Waals surface area contributed by atoms with Crippen molar-refractivity contribution in [2.45, 2.75) is 6.10 Å². The van der Waals surface area contributed by atoms with Crippen molar-refractivity contribution in [3.63, 3.8) is 0 Å². The Hall–Kier alpha value is -0.970. The Kier molecular flexibility index (Phi) is 3.53. The zero-order chi connectivity index (χ0) is 11.5. The summed E-state index contributed by atoms with van der Waals surface area (Å²) in [6.07, 6.45) is -0.113. The number of morpholine rings is 1. The normalized spacial score (nSPS) is 20.8. The molecule has 1 fully saturated rings. The van der Waals surface area contributed by atoms with Gasteiger partial charge in [-0.25, -0.2) is 0 Å². The van der Waals surface area contributed by atoms with Gasteiger partial charge in [0.05, 0.1) is 24.8 Å². The van der Waals surface area contributed by atoms with Crippen molar-refractivity contribution in [3.8, 4) is 11.5 Å². The fourth-order valence-corrected chi connectivity index (χ4v) is 2.01. The fourth-order valence-electron chi connectivity index (χ4n) is 1.74. The number of ether oxygens (including phenoxy) is 2. The van der Waals surface area contributed by atoms with Crippen LogP contribution in [0.2, 0.25) is 5.02 Å². The molecule has 1 atom stereocenters. The van der Waals surface area contributed by atoms with Gasteiger partial charge in [0.1, 0.15) is 0 Å². The fraction of sp³-hybridized carbons (Fsp3) is 0.455. The molecule has 1 heterocycles. The highest BCUT2D eigenvalue weighted by atomic mass is 35.5. The smallest absolute Gasteiger partial charge is 0.161 e. The van der Waals surface area contributed by atoms with Crippen LogP contribution in [0.4, 0.5) is 0 Å². The first-order valence-corrected chi connectivity index (χ1v) is 5.49. The molecule has 0 aliphatic carbocycles. The quantitative estimate of drug-likeness (QED) is 0.831. The summed E-state index contributed by atoms with van der Waals surface area (Å²) in [4.78, 5) is 0. The second-order valence-corrected chi connectivity index (χ2v) is 4.02. The van der Waals surface area contributed by atoms with Crippen LogP contribution < -0.4 is 10.1 Å². The highest BCUT2D eigenvalue weighted by Gasteiger charge is 2.20. The lowest BCUT2D eigenvalue weighted by molar-refractivity contribution is 0.0276. The SMILES string of the molecule is COc1cc(Cl)c(C2CNCCO2)cc1O. The molecule has 1 saturated heterocycles. The number of aromatic hydroxyl groups is 1. The van der Waals surface area contributed by atoms with E-state index in [1.165, 1.54) is 7.11 Å². The molecule has 0 saturated carbocycles. The van der Waals surface area contributed by atoms with Gasteiger partial charge < -0.3 is 19.9 Å². The Labute approximate surface area is 99.1 Å². The van der Waals surface area contributed by atoms with Crippen LogP contribution in [0.15, 0.2) is 12.1 Å². The summed E-state index contributed by atoms with van der Waals surface area (Å²) >= 11 is 6.11. The lowest BCUT2D eigenvalue weighted by Gasteiger charge is -2.25. The van der Waals surface area contributed by atoms with Crippen LogP contribution in [0, 0.1) is 0 Å². The van der Waals surface area contributed by atoms with E-state index in [4.69, 9.17) is 21.1 Å². The molecule has 4 nitrogen and oxygen atoms in total.